The average Bonchev–Trinajstić information content (AvgIpc) is 2.60. The molecule has 0 rings (SSSR count). The van der Waals surface area contributed by atoms with Crippen molar-refractivity contribution >= 4 is 9.24 Å². The molecule has 1 heteroatoms. The quantitative estimate of drug-likeness (QED) is 0.124. The van der Waals surface area contributed by atoms with Crippen LogP contribution in [0.25, 0.3) is 0 Å². The van der Waals surface area contributed by atoms with Crippen molar-refractivity contribution in [3.05, 3.63) is 0 Å². The molecule has 0 bridgehead atoms. The van der Waals surface area contributed by atoms with Crippen LogP contribution in [0.3, 0.4) is 0 Å². The standard InChI is InChI=1S/C23H45P/c1-2-3-4-5-6-7-8-9-10-11-12-13-14-15-16-17-18-19-20-21-22-23-24/h2-21,24H2,1H3. The Kier molecular flexibility index (Phi) is 23.0. The molecule has 1 unspecified atom stereocenters. The SMILES string of the molecule is CCCCCCCCCCCCCCCCCCCCCC#CP. The smallest absolute Gasteiger partial charge is 0.00919 e. The van der Waals surface area contributed by atoms with Crippen molar-refractivity contribution in [2.75, 3.05) is 0 Å². The van der Waals surface area contributed by atoms with Gasteiger partial charge in [0.15, 0.2) is 0 Å². The van der Waals surface area contributed by atoms with Gasteiger partial charge < -0.3 is 0 Å². The molecular weight excluding hydrogens is 307 g/mol. The minimum absolute atomic E-state index is 1.09. The largest absolute Gasteiger partial charge is 0.0992 e. The second kappa shape index (κ2) is 23.0. The first-order valence-electron chi connectivity index (χ1n) is 11.1. The van der Waals surface area contributed by atoms with Gasteiger partial charge >= 0.3 is 0 Å². The summed E-state index contributed by atoms with van der Waals surface area (Å²) in [5.74, 6) is 3.12. The van der Waals surface area contributed by atoms with Crippen molar-refractivity contribution < 1.29 is 0 Å². The predicted octanol–water partition coefficient (Wildman–Crippen LogP) is 8.64. The highest BCUT2D eigenvalue weighted by Gasteiger charge is 1.95. The fraction of sp³-hybridized carbons (Fsp3) is 0.913. The minimum Gasteiger partial charge on any atom is -0.0992 e. The van der Waals surface area contributed by atoms with Gasteiger partial charge in [-0.3, -0.25) is 0 Å². The molecule has 0 aromatic rings. The maximum atomic E-state index is 3.12. The van der Waals surface area contributed by atoms with Crippen LogP contribution in [0.5, 0.6) is 0 Å². The summed E-state index contributed by atoms with van der Waals surface area (Å²) in [5, 5.41) is 0. The van der Waals surface area contributed by atoms with Gasteiger partial charge in [0.25, 0.3) is 0 Å². The lowest BCUT2D eigenvalue weighted by Gasteiger charge is -2.03. The second-order valence-electron chi connectivity index (χ2n) is 7.44. The van der Waals surface area contributed by atoms with Crippen LogP contribution < -0.4 is 0 Å². The van der Waals surface area contributed by atoms with Crippen LogP contribution >= 0.6 is 9.24 Å². The van der Waals surface area contributed by atoms with Crippen LogP contribution in [0.4, 0.5) is 0 Å². The van der Waals surface area contributed by atoms with E-state index in [9.17, 15) is 0 Å². The van der Waals surface area contributed by atoms with Crippen LogP contribution in [0.15, 0.2) is 0 Å². The van der Waals surface area contributed by atoms with Gasteiger partial charge in [-0.2, -0.15) is 0 Å². The third-order valence-corrected chi connectivity index (χ3v) is 5.21. The summed E-state index contributed by atoms with van der Waals surface area (Å²) >= 11 is 0. The van der Waals surface area contributed by atoms with Gasteiger partial charge in [0.05, 0.1) is 0 Å². The molecule has 142 valence electrons. The molecule has 0 aliphatic rings. The number of hydrogen-bond acceptors (Lipinski definition) is 0. The zero-order valence-electron chi connectivity index (χ0n) is 16.7. The summed E-state index contributed by atoms with van der Waals surface area (Å²) in [5.41, 5.74) is 2.89. The molecule has 0 radical (unpaired) electrons. The van der Waals surface area contributed by atoms with Crippen molar-refractivity contribution in [1.82, 2.24) is 0 Å². The van der Waals surface area contributed by atoms with Crippen LogP contribution in [0, 0.1) is 11.6 Å². The molecular formula is C23H45P. The van der Waals surface area contributed by atoms with E-state index in [2.05, 4.69) is 27.7 Å². The lowest BCUT2D eigenvalue weighted by Crippen LogP contribution is -1.84. The van der Waals surface area contributed by atoms with E-state index in [1.165, 1.54) is 122 Å². The maximum Gasteiger partial charge on any atom is 0.00919 e. The molecule has 0 aromatic carbocycles. The Hall–Kier alpha value is -0.0100. The van der Waals surface area contributed by atoms with Gasteiger partial charge in [0.2, 0.25) is 0 Å². The van der Waals surface area contributed by atoms with E-state index in [1.807, 2.05) is 0 Å². The minimum atomic E-state index is 1.09. The molecule has 0 N–H and O–H groups in total. The van der Waals surface area contributed by atoms with E-state index in [1.54, 1.807) is 0 Å². The fourth-order valence-corrected chi connectivity index (χ4v) is 3.51. The van der Waals surface area contributed by atoms with Crippen LogP contribution in [0.1, 0.15) is 135 Å². The molecule has 0 heterocycles. The first kappa shape index (κ1) is 24.0. The Labute approximate surface area is 156 Å². The van der Waals surface area contributed by atoms with Crippen molar-refractivity contribution in [2.24, 2.45) is 0 Å². The fourth-order valence-electron chi connectivity index (χ4n) is 3.36. The number of hydrogen-bond donors (Lipinski definition) is 0. The van der Waals surface area contributed by atoms with E-state index in [0.29, 0.717) is 0 Å². The van der Waals surface area contributed by atoms with Crippen molar-refractivity contribution in [3.8, 4) is 11.6 Å². The van der Waals surface area contributed by atoms with E-state index in [0.717, 1.165) is 6.42 Å². The average molecular weight is 353 g/mol. The predicted molar refractivity (Wildman–Crippen MR) is 116 cm³/mol. The van der Waals surface area contributed by atoms with Gasteiger partial charge in [-0.05, 0) is 6.42 Å². The molecule has 0 spiro atoms. The summed E-state index contributed by atoms with van der Waals surface area (Å²) in [6, 6.07) is 0. The van der Waals surface area contributed by atoms with Crippen LogP contribution in [-0.4, -0.2) is 0 Å². The molecule has 24 heavy (non-hydrogen) atoms. The second-order valence-corrected chi connectivity index (χ2v) is 7.72. The normalized spacial score (nSPS) is 10.6. The van der Waals surface area contributed by atoms with E-state index in [-0.39, 0.29) is 0 Å². The Morgan fingerprint density at radius 1 is 0.458 bits per heavy atom. The third-order valence-electron chi connectivity index (χ3n) is 5.01. The first-order chi connectivity index (χ1) is 11.9. The first-order valence-corrected chi connectivity index (χ1v) is 11.7. The van der Waals surface area contributed by atoms with Crippen molar-refractivity contribution in [3.63, 3.8) is 0 Å². The van der Waals surface area contributed by atoms with Gasteiger partial charge in [0, 0.05) is 6.42 Å². The van der Waals surface area contributed by atoms with Crippen LogP contribution in [-0.2, 0) is 0 Å². The highest BCUT2D eigenvalue weighted by atomic mass is 31.0. The molecule has 0 saturated carbocycles. The lowest BCUT2D eigenvalue weighted by molar-refractivity contribution is 0.524. The topological polar surface area (TPSA) is 0 Å². The Morgan fingerprint density at radius 2 is 0.750 bits per heavy atom. The molecule has 0 nitrogen and oxygen atoms in total. The number of rotatable bonds is 19. The molecule has 0 aliphatic carbocycles. The number of unbranched alkanes of at least 4 members (excludes halogenated alkanes) is 19. The summed E-state index contributed by atoms with van der Waals surface area (Å²) in [4.78, 5) is 0. The molecule has 0 saturated heterocycles. The van der Waals surface area contributed by atoms with Crippen molar-refractivity contribution in [2.45, 2.75) is 135 Å². The summed E-state index contributed by atoms with van der Waals surface area (Å²) in [6.45, 7) is 2.30. The van der Waals surface area contributed by atoms with Gasteiger partial charge in [-0.25, -0.2) is 0 Å². The van der Waals surface area contributed by atoms with Crippen LogP contribution in [0.2, 0.25) is 0 Å². The zero-order valence-corrected chi connectivity index (χ0v) is 17.9. The molecule has 0 aliphatic heterocycles. The highest BCUT2D eigenvalue weighted by molar-refractivity contribution is 7.23. The van der Waals surface area contributed by atoms with Gasteiger partial charge in [-0.15, -0.1) is 0 Å². The van der Waals surface area contributed by atoms with Gasteiger partial charge in [0.1, 0.15) is 0 Å². The molecule has 1 atom stereocenters. The monoisotopic (exact) mass is 352 g/mol. The zero-order chi connectivity index (χ0) is 17.6. The summed E-state index contributed by atoms with van der Waals surface area (Å²) < 4.78 is 0. The third kappa shape index (κ3) is 22.0. The summed E-state index contributed by atoms with van der Waals surface area (Å²) in [7, 11) is 2.47. The molecule has 0 fully saturated rings. The van der Waals surface area contributed by atoms with E-state index < -0.39 is 0 Å². The van der Waals surface area contributed by atoms with E-state index >= 15 is 0 Å². The Bertz CT molecular complexity index is 273. The van der Waals surface area contributed by atoms with Crippen molar-refractivity contribution in [1.29, 1.82) is 0 Å². The lowest BCUT2D eigenvalue weighted by atomic mass is 10.0. The molecule has 0 aromatic heterocycles. The van der Waals surface area contributed by atoms with Gasteiger partial charge in [-0.1, -0.05) is 143 Å². The highest BCUT2D eigenvalue weighted by Crippen LogP contribution is 2.14. The Balaban J connectivity index is 2.96. The molecule has 0 amide bonds. The van der Waals surface area contributed by atoms with E-state index in [4.69, 9.17) is 0 Å². The maximum absolute atomic E-state index is 3.12. The Morgan fingerprint density at radius 3 is 1.04 bits per heavy atom. The summed E-state index contributed by atoms with van der Waals surface area (Å²) in [6.07, 6.45) is 28.6.